The summed E-state index contributed by atoms with van der Waals surface area (Å²) in [4.78, 5) is 16.0. The van der Waals surface area contributed by atoms with Gasteiger partial charge in [0, 0.05) is 24.5 Å². The fourth-order valence-electron chi connectivity index (χ4n) is 2.01. The minimum absolute atomic E-state index is 0.128. The highest BCUT2D eigenvalue weighted by atomic mass is 16.1. The monoisotopic (exact) mass is 294 g/mol. The molecule has 0 atom stereocenters. The van der Waals surface area contributed by atoms with Gasteiger partial charge in [-0.15, -0.1) is 5.10 Å². The second kappa shape index (κ2) is 6.13. The number of nitrogens with zero attached hydrogens (tertiary/aromatic N) is 5. The molecule has 2 aromatic heterocycles. The highest BCUT2D eigenvalue weighted by Gasteiger charge is 2.07. The van der Waals surface area contributed by atoms with Gasteiger partial charge in [0.25, 0.3) is 5.91 Å². The molecule has 0 aliphatic carbocycles. The summed E-state index contributed by atoms with van der Waals surface area (Å²) in [6.07, 6.45) is 3.40. The van der Waals surface area contributed by atoms with E-state index in [0.717, 1.165) is 11.3 Å². The standard InChI is InChI=1S/C15H14N6O/c1-11-18-19-20-21(11)14-4-2-13(3-5-14)15(22)17-10-12-6-8-16-9-7-12/h2-9H,10H2,1H3,(H,17,22). The highest BCUT2D eigenvalue weighted by Crippen LogP contribution is 2.09. The number of aryl methyl sites for hydroxylation is 1. The molecule has 1 aromatic carbocycles. The van der Waals surface area contributed by atoms with E-state index < -0.39 is 0 Å². The summed E-state index contributed by atoms with van der Waals surface area (Å²) in [5.41, 5.74) is 2.40. The molecule has 2 heterocycles. The van der Waals surface area contributed by atoms with Crippen molar-refractivity contribution < 1.29 is 4.79 Å². The smallest absolute Gasteiger partial charge is 0.251 e. The lowest BCUT2D eigenvalue weighted by atomic mass is 10.2. The fourth-order valence-corrected chi connectivity index (χ4v) is 2.01. The van der Waals surface area contributed by atoms with E-state index >= 15 is 0 Å². The Hall–Kier alpha value is -3.09. The molecule has 0 aliphatic rings. The average Bonchev–Trinajstić information content (AvgIpc) is 3.00. The third-order valence-electron chi connectivity index (χ3n) is 3.20. The number of rotatable bonds is 4. The average molecular weight is 294 g/mol. The van der Waals surface area contributed by atoms with Crippen molar-refractivity contribution in [1.29, 1.82) is 0 Å². The number of amides is 1. The van der Waals surface area contributed by atoms with E-state index in [1.807, 2.05) is 31.2 Å². The molecule has 0 bridgehead atoms. The third-order valence-corrected chi connectivity index (χ3v) is 3.20. The first kappa shape index (κ1) is 13.9. The summed E-state index contributed by atoms with van der Waals surface area (Å²) in [5.74, 6) is 0.562. The first-order valence-electron chi connectivity index (χ1n) is 6.76. The van der Waals surface area contributed by atoms with Gasteiger partial charge in [-0.2, -0.15) is 4.68 Å². The number of hydrogen-bond acceptors (Lipinski definition) is 5. The summed E-state index contributed by atoms with van der Waals surface area (Å²) in [5, 5.41) is 14.2. The van der Waals surface area contributed by atoms with Crippen LogP contribution in [0.25, 0.3) is 5.69 Å². The maximum absolute atomic E-state index is 12.1. The Morgan fingerprint density at radius 2 is 1.86 bits per heavy atom. The quantitative estimate of drug-likeness (QED) is 0.783. The zero-order valence-corrected chi connectivity index (χ0v) is 12.0. The molecule has 1 amide bonds. The molecular formula is C15H14N6O. The predicted molar refractivity (Wildman–Crippen MR) is 79.3 cm³/mol. The van der Waals surface area contributed by atoms with Crippen LogP contribution in [0.5, 0.6) is 0 Å². The van der Waals surface area contributed by atoms with Crippen molar-refractivity contribution in [3.05, 3.63) is 65.7 Å². The van der Waals surface area contributed by atoms with Crippen molar-refractivity contribution in [2.45, 2.75) is 13.5 Å². The molecule has 0 spiro atoms. The Balaban J connectivity index is 1.67. The van der Waals surface area contributed by atoms with Crippen LogP contribution in [-0.4, -0.2) is 31.1 Å². The van der Waals surface area contributed by atoms with Crippen LogP contribution in [0.15, 0.2) is 48.8 Å². The Bertz CT molecular complexity index is 766. The molecule has 0 saturated heterocycles. The van der Waals surface area contributed by atoms with E-state index in [2.05, 4.69) is 25.8 Å². The van der Waals surface area contributed by atoms with Gasteiger partial charge in [0.05, 0.1) is 5.69 Å². The number of nitrogens with one attached hydrogen (secondary N) is 1. The number of hydrogen-bond donors (Lipinski definition) is 1. The van der Waals surface area contributed by atoms with Gasteiger partial charge < -0.3 is 5.32 Å². The van der Waals surface area contributed by atoms with Gasteiger partial charge in [0.2, 0.25) is 0 Å². The van der Waals surface area contributed by atoms with Crippen LogP contribution in [0.2, 0.25) is 0 Å². The number of pyridine rings is 1. The highest BCUT2D eigenvalue weighted by molar-refractivity contribution is 5.94. The predicted octanol–water partition coefficient (Wildman–Crippen LogP) is 1.30. The largest absolute Gasteiger partial charge is 0.348 e. The van der Waals surface area contributed by atoms with E-state index in [4.69, 9.17) is 0 Å². The molecule has 0 fully saturated rings. The second-order valence-electron chi connectivity index (χ2n) is 4.72. The van der Waals surface area contributed by atoms with Crippen LogP contribution in [-0.2, 0) is 6.54 Å². The third kappa shape index (κ3) is 2.98. The molecule has 110 valence electrons. The molecular weight excluding hydrogens is 280 g/mol. The number of tetrazole rings is 1. The van der Waals surface area contributed by atoms with Crippen LogP contribution < -0.4 is 5.32 Å². The minimum atomic E-state index is -0.128. The lowest BCUT2D eigenvalue weighted by molar-refractivity contribution is 0.0951. The van der Waals surface area contributed by atoms with Gasteiger partial charge in [-0.05, 0) is 59.3 Å². The SMILES string of the molecule is Cc1nnnn1-c1ccc(C(=O)NCc2ccncc2)cc1. The molecule has 7 nitrogen and oxygen atoms in total. The Morgan fingerprint density at radius 3 is 2.50 bits per heavy atom. The summed E-state index contributed by atoms with van der Waals surface area (Å²) in [7, 11) is 0. The summed E-state index contributed by atoms with van der Waals surface area (Å²) in [6, 6.07) is 10.8. The van der Waals surface area contributed by atoms with Crippen molar-refractivity contribution in [3.63, 3.8) is 0 Å². The van der Waals surface area contributed by atoms with E-state index in [-0.39, 0.29) is 5.91 Å². The number of carbonyl (C=O) groups excluding carboxylic acids is 1. The fraction of sp³-hybridized carbons (Fsp3) is 0.133. The van der Waals surface area contributed by atoms with E-state index in [9.17, 15) is 4.79 Å². The van der Waals surface area contributed by atoms with Crippen molar-refractivity contribution >= 4 is 5.91 Å². The summed E-state index contributed by atoms with van der Waals surface area (Å²) >= 11 is 0. The summed E-state index contributed by atoms with van der Waals surface area (Å²) < 4.78 is 1.61. The second-order valence-corrected chi connectivity index (χ2v) is 4.72. The van der Waals surface area contributed by atoms with Gasteiger partial charge in [-0.1, -0.05) is 0 Å². The van der Waals surface area contributed by atoms with E-state index in [0.29, 0.717) is 17.9 Å². The van der Waals surface area contributed by atoms with Crippen LogP contribution in [0.4, 0.5) is 0 Å². The number of benzene rings is 1. The van der Waals surface area contributed by atoms with Crippen molar-refractivity contribution in [2.75, 3.05) is 0 Å². The van der Waals surface area contributed by atoms with Crippen molar-refractivity contribution in [3.8, 4) is 5.69 Å². The zero-order chi connectivity index (χ0) is 15.4. The molecule has 7 heteroatoms. The van der Waals surface area contributed by atoms with Crippen LogP contribution >= 0.6 is 0 Å². The first-order chi connectivity index (χ1) is 10.7. The molecule has 0 saturated carbocycles. The number of aromatic nitrogens is 5. The minimum Gasteiger partial charge on any atom is -0.348 e. The Labute approximate surface area is 127 Å². The van der Waals surface area contributed by atoms with Gasteiger partial charge in [-0.3, -0.25) is 9.78 Å². The van der Waals surface area contributed by atoms with Gasteiger partial charge in [0.1, 0.15) is 0 Å². The lowest BCUT2D eigenvalue weighted by Crippen LogP contribution is -2.22. The maximum Gasteiger partial charge on any atom is 0.251 e. The Morgan fingerprint density at radius 1 is 1.14 bits per heavy atom. The van der Waals surface area contributed by atoms with Crippen LogP contribution in [0.3, 0.4) is 0 Å². The molecule has 0 radical (unpaired) electrons. The summed E-state index contributed by atoms with van der Waals surface area (Å²) in [6.45, 7) is 2.28. The molecule has 0 aliphatic heterocycles. The van der Waals surface area contributed by atoms with Crippen LogP contribution in [0.1, 0.15) is 21.7 Å². The number of carbonyl (C=O) groups is 1. The van der Waals surface area contributed by atoms with Crippen molar-refractivity contribution in [1.82, 2.24) is 30.5 Å². The maximum atomic E-state index is 12.1. The molecule has 1 N–H and O–H groups in total. The van der Waals surface area contributed by atoms with E-state index in [1.54, 1.807) is 29.2 Å². The van der Waals surface area contributed by atoms with Gasteiger partial charge in [0.15, 0.2) is 5.82 Å². The molecule has 22 heavy (non-hydrogen) atoms. The van der Waals surface area contributed by atoms with Gasteiger partial charge in [-0.25, -0.2) is 0 Å². The molecule has 0 unspecified atom stereocenters. The van der Waals surface area contributed by atoms with Gasteiger partial charge >= 0.3 is 0 Å². The molecule has 3 rings (SSSR count). The Kier molecular flexibility index (Phi) is 3.86. The topological polar surface area (TPSA) is 85.6 Å². The zero-order valence-electron chi connectivity index (χ0n) is 12.0. The lowest BCUT2D eigenvalue weighted by Gasteiger charge is -2.06. The first-order valence-corrected chi connectivity index (χ1v) is 6.76. The van der Waals surface area contributed by atoms with E-state index in [1.165, 1.54) is 0 Å². The van der Waals surface area contributed by atoms with Crippen LogP contribution in [0, 0.1) is 6.92 Å². The van der Waals surface area contributed by atoms with Crippen molar-refractivity contribution in [2.24, 2.45) is 0 Å². The normalized spacial score (nSPS) is 10.4. The molecule has 3 aromatic rings.